The number of aliphatic hydroxyl groups excluding tert-OH is 1. The molecule has 2 fully saturated rings. The molecule has 0 spiro atoms. The average molecular weight is 300 g/mol. The molecule has 0 radical (unpaired) electrons. The maximum atomic E-state index is 11.8. The predicted molar refractivity (Wildman–Crippen MR) is 87.4 cm³/mol. The van der Waals surface area contributed by atoms with E-state index in [0.29, 0.717) is 6.54 Å². The third-order valence-corrected chi connectivity index (χ3v) is 4.62. The summed E-state index contributed by atoms with van der Waals surface area (Å²) in [6.07, 6.45) is 6.14. The lowest BCUT2D eigenvalue weighted by Gasteiger charge is -2.46. The molecular formula is C18H24N2O2. The minimum absolute atomic E-state index is 0.0791. The van der Waals surface area contributed by atoms with Gasteiger partial charge in [0.2, 0.25) is 5.91 Å². The largest absolute Gasteiger partial charge is 0.395 e. The van der Waals surface area contributed by atoms with Crippen LogP contribution in [-0.4, -0.2) is 36.2 Å². The van der Waals surface area contributed by atoms with E-state index < -0.39 is 0 Å². The lowest BCUT2D eigenvalue weighted by molar-refractivity contribution is -0.122. The van der Waals surface area contributed by atoms with Gasteiger partial charge in [0.25, 0.3) is 0 Å². The molecule has 22 heavy (non-hydrogen) atoms. The van der Waals surface area contributed by atoms with Crippen LogP contribution < -0.4 is 10.6 Å². The van der Waals surface area contributed by atoms with Crippen LogP contribution in [0.5, 0.6) is 0 Å². The number of allylic oxidation sites excluding steroid dienone is 1. The highest BCUT2D eigenvalue weighted by Crippen LogP contribution is 2.33. The zero-order chi connectivity index (χ0) is 15.5. The van der Waals surface area contributed by atoms with E-state index in [0.717, 1.165) is 12.8 Å². The number of nitrogens with one attached hydrogen (secondary N) is 2. The van der Waals surface area contributed by atoms with Crippen molar-refractivity contribution in [2.45, 2.75) is 37.8 Å². The van der Waals surface area contributed by atoms with Crippen molar-refractivity contribution in [3.05, 3.63) is 41.5 Å². The molecule has 3 rings (SSSR count). The van der Waals surface area contributed by atoms with Crippen molar-refractivity contribution in [2.24, 2.45) is 5.92 Å². The molecule has 1 heterocycles. The summed E-state index contributed by atoms with van der Waals surface area (Å²) >= 11 is 0. The zero-order valence-electron chi connectivity index (χ0n) is 13.0. The van der Waals surface area contributed by atoms with Crippen LogP contribution in [0, 0.1) is 5.92 Å². The molecule has 0 bridgehead atoms. The Morgan fingerprint density at radius 2 is 2.05 bits per heavy atom. The molecule has 4 nitrogen and oxygen atoms in total. The van der Waals surface area contributed by atoms with Gasteiger partial charge in [-0.2, -0.15) is 0 Å². The van der Waals surface area contributed by atoms with Crippen LogP contribution in [-0.2, 0) is 4.79 Å². The molecule has 1 saturated carbocycles. The normalized spacial score (nSPS) is 27.6. The third kappa shape index (κ3) is 3.23. The van der Waals surface area contributed by atoms with Gasteiger partial charge in [-0.1, -0.05) is 36.4 Å². The Bertz CT molecular complexity index is 549. The lowest BCUT2D eigenvalue weighted by Crippen LogP contribution is -2.64. The van der Waals surface area contributed by atoms with Crippen LogP contribution in [0.3, 0.4) is 0 Å². The van der Waals surface area contributed by atoms with Crippen LogP contribution in [0.1, 0.15) is 36.8 Å². The first-order valence-corrected chi connectivity index (χ1v) is 8.10. The summed E-state index contributed by atoms with van der Waals surface area (Å²) in [5.74, 6) is 0.674. The second kappa shape index (κ2) is 6.63. The van der Waals surface area contributed by atoms with Gasteiger partial charge in [0, 0.05) is 30.5 Å². The molecule has 1 aliphatic carbocycles. The molecule has 0 unspecified atom stereocenters. The van der Waals surface area contributed by atoms with E-state index in [-0.39, 0.29) is 36.4 Å². The first kappa shape index (κ1) is 15.3. The summed E-state index contributed by atoms with van der Waals surface area (Å²) < 4.78 is 0. The summed E-state index contributed by atoms with van der Waals surface area (Å²) in [5.41, 5.74) is 2.40. The molecule has 2 aliphatic rings. The van der Waals surface area contributed by atoms with Gasteiger partial charge in [-0.3, -0.25) is 4.79 Å². The van der Waals surface area contributed by atoms with Gasteiger partial charge in [-0.15, -0.1) is 0 Å². The summed E-state index contributed by atoms with van der Waals surface area (Å²) in [7, 11) is 0. The number of carbonyl (C=O) groups excluding carboxylic acids is 1. The van der Waals surface area contributed by atoms with Crippen molar-refractivity contribution in [1.82, 2.24) is 10.6 Å². The molecule has 1 aliphatic heterocycles. The first-order valence-electron chi connectivity index (χ1n) is 8.10. The fraction of sp³-hybridized carbons (Fsp3) is 0.500. The highest BCUT2D eigenvalue weighted by atomic mass is 16.3. The molecule has 3 N–H and O–H groups in total. The number of benzene rings is 1. The number of hydrogen-bond donors (Lipinski definition) is 3. The van der Waals surface area contributed by atoms with E-state index >= 15 is 0 Å². The van der Waals surface area contributed by atoms with Crippen LogP contribution >= 0.6 is 0 Å². The van der Waals surface area contributed by atoms with Crippen molar-refractivity contribution in [3.8, 4) is 0 Å². The third-order valence-electron chi connectivity index (χ3n) is 4.62. The molecule has 4 heteroatoms. The van der Waals surface area contributed by atoms with Crippen LogP contribution in [0.2, 0.25) is 0 Å². The Morgan fingerprint density at radius 3 is 2.64 bits per heavy atom. The van der Waals surface area contributed by atoms with Crippen molar-refractivity contribution in [1.29, 1.82) is 0 Å². The SMILES string of the molecule is C/C=C/c1ccc([C@H]2[C@@H](CO)N[C@@H]2CNC(=O)C2CC2)cc1. The number of hydrogen-bond acceptors (Lipinski definition) is 3. The summed E-state index contributed by atoms with van der Waals surface area (Å²) in [4.78, 5) is 11.8. The fourth-order valence-electron chi connectivity index (χ4n) is 3.18. The Labute approximate surface area is 131 Å². The molecule has 3 atom stereocenters. The summed E-state index contributed by atoms with van der Waals surface area (Å²) in [5, 5.41) is 15.9. The van der Waals surface area contributed by atoms with E-state index in [1.54, 1.807) is 0 Å². The van der Waals surface area contributed by atoms with Gasteiger partial charge < -0.3 is 15.7 Å². The van der Waals surface area contributed by atoms with Crippen LogP contribution in [0.4, 0.5) is 0 Å². The molecule has 1 aromatic carbocycles. The highest BCUT2D eigenvalue weighted by Gasteiger charge is 2.41. The van der Waals surface area contributed by atoms with Crippen molar-refractivity contribution in [3.63, 3.8) is 0 Å². The number of rotatable bonds is 6. The van der Waals surface area contributed by atoms with Crippen molar-refractivity contribution in [2.75, 3.05) is 13.2 Å². The molecular weight excluding hydrogens is 276 g/mol. The first-order chi connectivity index (χ1) is 10.7. The van der Waals surface area contributed by atoms with Gasteiger partial charge in [0.1, 0.15) is 0 Å². The smallest absolute Gasteiger partial charge is 0.223 e. The number of amides is 1. The van der Waals surface area contributed by atoms with E-state index in [1.165, 1.54) is 11.1 Å². The minimum atomic E-state index is 0.0791. The van der Waals surface area contributed by atoms with Crippen molar-refractivity contribution < 1.29 is 9.90 Å². The quantitative estimate of drug-likeness (QED) is 0.749. The predicted octanol–water partition coefficient (Wildman–Crippen LogP) is 1.66. The van der Waals surface area contributed by atoms with Gasteiger partial charge in [-0.25, -0.2) is 0 Å². The summed E-state index contributed by atoms with van der Waals surface area (Å²) in [6, 6.07) is 8.73. The van der Waals surface area contributed by atoms with Crippen LogP contribution in [0.15, 0.2) is 30.3 Å². The van der Waals surface area contributed by atoms with Gasteiger partial charge >= 0.3 is 0 Å². The van der Waals surface area contributed by atoms with E-state index in [4.69, 9.17) is 0 Å². The minimum Gasteiger partial charge on any atom is -0.395 e. The topological polar surface area (TPSA) is 61.4 Å². The van der Waals surface area contributed by atoms with Crippen molar-refractivity contribution >= 4 is 12.0 Å². The Hall–Kier alpha value is -1.65. The second-order valence-electron chi connectivity index (χ2n) is 6.27. The summed E-state index contributed by atoms with van der Waals surface area (Å²) in [6.45, 7) is 2.76. The van der Waals surface area contributed by atoms with Gasteiger partial charge in [-0.05, 0) is 30.9 Å². The van der Waals surface area contributed by atoms with Gasteiger partial charge in [0.15, 0.2) is 0 Å². The molecule has 1 saturated heterocycles. The molecule has 118 valence electrons. The molecule has 0 aromatic heterocycles. The van der Waals surface area contributed by atoms with E-state index in [2.05, 4.69) is 41.0 Å². The standard InChI is InChI=1S/C18H24N2O2/c1-2-3-12-4-6-13(7-5-12)17-15(20-16(17)11-21)10-19-18(22)14-8-9-14/h2-7,14-17,20-21H,8-11H2,1H3,(H,19,22)/b3-2+/t15-,16-,17-/m1/s1. The molecule has 1 aromatic rings. The van der Waals surface area contributed by atoms with Gasteiger partial charge in [0.05, 0.1) is 6.61 Å². The Kier molecular flexibility index (Phi) is 4.60. The number of aliphatic hydroxyl groups is 1. The number of carbonyl (C=O) groups is 1. The Morgan fingerprint density at radius 1 is 1.32 bits per heavy atom. The molecule has 1 amide bonds. The maximum Gasteiger partial charge on any atom is 0.223 e. The fourth-order valence-corrected chi connectivity index (χ4v) is 3.18. The van der Waals surface area contributed by atoms with E-state index in [1.807, 2.05) is 13.0 Å². The second-order valence-corrected chi connectivity index (χ2v) is 6.27. The maximum absolute atomic E-state index is 11.8. The monoisotopic (exact) mass is 300 g/mol. The average Bonchev–Trinajstić information content (AvgIpc) is 3.33. The zero-order valence-corrected chi connectivity index (χ0v) is 13.0. The highest BCUT2D eigenvalue weighted by molar-refractivity contribution is 5.80. The van der Waals surface area contributed by atoms with E-state index in [9.17, 15) is 9.90 Å². The lowest BCUT2D eigenvalue weighted by atomic mass is 9.77. The Balaban J connectivity index is 1.63. The van der Waals surface area contributed by atoms with Crippen LogP contribution in [0.25, 0.3) is 6.08 Å².